The van der Waals surface area contributed by atoms with Gasteiger partial charge in [0, 0.05) is 17.1 Å². The minimum atomic E-state index is 0.0837. The van der Waals surface area contributed by atoms with Crippen molar-refractivity contribution >= 4 is 52.1 Å². The summed E-state index contributed by atoms with van der Waals surface area (Å²) < 4.78 is 0. The molecule has 0 saturated carbocycles. The summed E-state index contributed by atoms with van der Waals surface area (Å²) >= 11 is 0. The maximum Gasteiger partial charge on any atom is 0.0468 e. The first-order chi connectivity index (χ1) is 25.7. The van der Waals surface area contributed by atoms with E-state index in [1.165, 1.54) is 55.3 Å². The fraction of sp³-hybridized carbons (Fsp3) is 0.296. The average Bonchev–Trinajstić information content (AvgIpc) is 3.12. The highest BCUT2D eigenvalue weighted by Gasteiger charge is 2.22. The van der Waals surface area contributed by atoms with Crippen molar-refractivity contribution in [3.8, 4) is 0 Å². The maximum atomic E-state index is 2.38. The molecule has 282 valence electrons. The second-order valence-corrected chi connectivity index (χ2v) is 19.4. The number of benzene rings is 6. The van der Waals surface area contributed by atoms with Crippen molar-refractivity contribution in [2.24, 2.45) is 0 Å². The summed E-state index contributed by atoms with van der Waals surface area (Å²) in [7, 11) is 0. The lowest BCUT2D eigenvalue weighted by molar-refractivity contribution is 0.568. The third-order valence-corrected chi connectivity index (χ3v) is 10.6. The summed E-state index contributed by atoms with van der Waals surface area (Å²) in [6, 6.07) is 47.3. The van der Waals surface area contributed by atoms with Crippen LogP contribution in [0.15, 0.2) is 127 Å². The van der Waals surface area contributed by atoms with Crippen LogP contribution >= 0.6 is 0 Å². The topological polar surface area (TPSA) is 3.24 Å². The Hall–Kier alpha value is -5.14. The molecular weight excluding hydrogens is 663 g/mol. The van der Waals surface area contributed by atoms with E-state index >= 15 is 0 Å². The van der Waals surface area contributed by atoms with Crippen LogP contribution in [-0.4, -0.2) is 0 Å². The molecule has 0 fully saturated rings. The molecule has 1 nitrogen and oxygen atoms in total. The first-order valence-electron chi connectivity index (χ1n) is 19.9. The Morgan fingerprint density at radius 3 is 1.00 bits per heavy atom. The van der Waals surface area contributed by atoms with Gasteiger partial charge in [-0.2, -0.15) is 0 Å². The molecule has 0 saturated heterocycles. The third-order valence-electron chi connectivity index (χ3n) is 10.6. The molecule has 6 aromatic rings. The molecule has 0 atom stereocenters. The molecule has 0 bridgehead atoms. The first kappa shape index (κ1) is 39.6. The zero-order chi connectivity index (χ0) is 39.8. The lowest BCUT2D eigenvalue weighted by atomic mass is 9.79. The van der Waals surface area contributed by atoms with Crippen LogP contribution in [0.25, 0.3) is 35.1 Å². The number of hydrogen-bond acceptors (Lipinski definition) is 1. The standard InChI is InChI=1S/C54H61N/c1-51(2,3)44-31-40(32-45(36-44)52(4,5)6)19-17-38-21-26-48(27-22-38)55(50-30-25-42-15-13-14-16-43(42)35-50)49-28-23-39(24-29-49)18-20-41-33-46(53(7,8)9)37-47(34-41)54(10,11)12/h13-37H,1-12H3/b19-17+,20-18+. The minimum absolute atomic E-state index is 0.0837. The lowest BCUT2D eigenvalue weighted by Gasteiger charge is -2.26. The zero-order valence-corrected chi connectivity index (χ0v) is 35.4. The second kappa shape index (κ2) is 15.2. The van der Waals surface area contributed by atoms with Crippen LogP contribution in [0.1, 0.15) is 128 Å². The molecule has 0 aliphatic heterocycles. The van der Waals surface area contributed by atoms with Gasteiger partial charge in [0.15, 0.2) is 0 Å². The van der Waals surface area contributed by atoms with Crippen LogP contribution in [0.4, 0.5) is 17.1 Å². The largest absolute Gasteiger partial charge is 0.310 e. The molecule has 6 rings (SSSR count). The van der Waals surface area contributed by atoms with Gasteiger partial charge in [-0.3, -0.25) is 0 Å². The maximum absolute atomic E-state index is 2.38. The van der Waals surface area contributed by atoms with Crippen molar-refractivity contribution in [3.05, 3.63) is 172 Å². The summed E-state index contributed by atoms with van der Waals surface area (Å²) in [4.78, 5) is 2.36. The van der Waals surface area contributed by atoms with E-state index in [9.17, 15) is 0 Å². The van der Waals surface area contributed by atoms with Crippen LogP contribution in [0.3, 0.4) is 0 Å². The molecule has 0 heterocycles. The van der Waals surface area contributed by atoms with Crippen LogP contribution in [0.5, 0.6) is 0 Å². The second-order valence-electron chi connectivity index (χ2n) is 19.4. The quantitative estimate of drug-likeness (QED) is 0.148. The molecule has 0 aliphatic rings. The van der Waals surface area contributed by atoms with Gasteiger partial charge in [0.25, 0.3) is 0 Å². The van der Waals surface area contributed by atoms with Crippen molar-refractivity contribution < 1.29 is 0 Å². The molecule has 0 N–H and O–H groups in total. The van der Waals surface area contributed by atoms with Gasteiger partial charge in [0.1, 0.15) is 0 Å². The van der Waals surface area contributed by atoms with Crippen molar-refractivity contribution in [2.45, 2.75) is 105 Å². The number of hydrogen-bond donors (Lipinski definition) is 0. The van der Waals surface area contributed by atoms with E-state index in [1.54, 1.807) is 0 Å². The smallest absolute Gasteiger partial charge is 0.0468 e. The van der Waals surface area contributed by atoms with Gasteiger partial charge in [-0.25, -0.2) is 0 Å². The highest BCUT2D eigenvalue weighted by atomic mass is 15.1. The van der Waals surface area contributed by atoms with Gasteiger partial charge >= 0.3 is 0 Å². The Balaban J connectivity index is 1.32. The molecule has 0 unspecified atom stereocenters. The molecule has 6 aromatic carbocycles. The Kier molecular flexibility index (Phi) is 10.9. The number of anilines is 3. The fourth-order valence-electron chi connectivity index (χ4n) is 6.84. The molecule has 0 aromatic heterocycles. The Morgan fingerprint density at radius 2 is 0.636 bits per heavy atom. The van der Waals surface area contributed by atoms with E-state index in [0.29, 0.717) is 0 Å². The van der Waals surface area contributed by atoms with Gasteiger partial charge < -0.3 is 4.90 Å². The van der Waals surface area contributed by atoms with Gasteiger partial charge in [-0.1, -0.05) is 198 Å². The summed E-state index contributed by atoms with van der Waals surface area (Å²) in [5.41, 5.74) is 14.0. The molecule has 0 spiro atoms. The zero-order valence-electron chi connectivity index (χ0n) is 35.4. The van der Waals surface area contributed by atoms with E-state index < -0.39 is 0 Å². The average molecular weight is 724 g/mol. The number of fused-ring (bicyclic) bond motifs is 1. The highest BCUT2D eigenvalue weighted by Crippen LogP contribution is 2.37. The molecule has 0 radical (unpaired) electrons. The predicted octanol–water partition coefficient (Wildman–Crippen LogP) is 15.8. The van der Waals surface area contributed by atoms with Crippen molar-refractivity contribution in [2.75, 3.05) is 4.90 Å². The van der Waals surface area contributed by atoms with Crippen molar-refractivity contribution in [1.29, 1.82) is 0 Å². The molecule has 0 amide bonds. The van der Waals surface area contributed by atoms with Crippen LogP contribution in [0, 0.1) is 0 Å². The van der Waals surface area contributed by atoms with Gasteiger partial charge in [0.2, 0.25) is 0 Å². The molecule has 1 heteroatoms. The number of nitrogens with zero attached hydrogens (tertiary/aromatic N) is 1. The Labute approximate surface area is 332 Å². The lowest BCUT2D eigenvalue weighted by Crippen LogP contribution is -2.16. The SMILES string of the molecule is CC(C)(C)c1cc(/C=C/c2ccc(N(c3ccc(/C=C/c4cc(C(C)(C)C)cc(C(C)(C)C)c4)cc3)c3ccc4ccccc4c3)cc2)cc(C(C)(C)C)c1. The van der Waals surface area contributed by atoms with Crippen molar-refractivity contribution in [1.82, 2.24) is 0 Å². The summed E-state index contributed by atoms with van der Waals surface area (Å²) in [5.74, 6) is 0. The van der Waals surface area contributed by atoms with Crippen LogP contribution in [-0.2, 0) is 21.7 Å². The van der Waals surface area contributed by atoms with Crippen LogP contribution in [0.2, 0.25) is 0 Å². The Morgan fingerprint density at radius 1 is 0.309 bits per heavy atom. The summed E-state index contributed by atoms with van der Waals surface area (Å²) in [5, 5.41) is 2.46. The predicted molar refractivity (Wildman–Crippen MR) is 244 cm³/mol. The minimum Gasteiger partial charge on any atom is -0.310 e. The summed E-state index contributed by atoms with van der Waals surface area (Å²) in [6.07, 6.45) is 8.99. The Bertz CT molecular complexity index is 2130. The van der Waals surface area contributed by atoms with E-state index in [0.717, 1.165) is 17.1 Å². The fourth-order valence-corrected chi connectivity index (χ4v) is 6.84. The molecule has 0 aliphatic carbocycles. The number of rotatable bonds is 7. The third kappa shape index (κ3) is 9.76. The normalized spacial score (nSPS) is 12.9. The van der Waals surface area contributed by atoms with Gasteiger partial charge in [0.05, 0.1) is 0 Å². The van der Waals surface area contributed by atoms with E-state index in [-0.39, 0.29) is 21.7 Å². The van der Waals surface area contributed by atoms with E-state index in [1.807, 2.05) is 0 Å². The van der Waals surface area contributed by atoms with Crippen LogP contribution < -0.4 is 4.90 Å². The van der Waals surface area contributed by atoms with E-state index in [2.05, 4.69) is 240 Å². The monoisotopic (exact) mass is 723 g/mol. The van der Waals surface area contributed by atoms with E-state index in [4.69, 9.17) is 0 Å². The highest BCUT2D eigenvalue weighted by molar-refractivity contribution is 5.89. The molecular formula is C54H61N. The summed E-state index contributed by atoms with van der Waals surface area (Å²) in [6.45, 7) is 27.5. The first-order valence-corrected chi connectivity index (χ1v) is 19.9. The van der Waals surface area contributed by atoms with Gasteiger partial charge in [-0.15, -0.1) is 0 Å². The van der Waals surface area contributed by atoms with Gasteiger partial charge in [-0.05, 0) is 113 Å². The molecule has 55 heavy (non-hydrogen) atoms. The van der Waals surface area contributed by atoms with Crippen molar-refractivity contribution in [3.63, 3.8) is 0 Å².